The number of hydrogen-bond donors (Lipinski definition) is 5. The average Bonchev–Trinajstić information content (AvgIpc) is 2.98. The molecule has 1 aliphatic carbocycles. The molecule has 0 spiro atoms. The maximum Gasteiger partial charge on any atom is 0.320 e. The van der Waals surface area contributed by atoms with Gasteiger partial charge < -0.3 is 32.2 Å². The third-order valence-electron chi connectivity index (χ3n) is 5.89. The van der Waals surface area contributed by atoms with Crippen molar-refractivity contribution in [3.05, 3.63) is 69.8 Å². The second kappa shape index (κ2) is 22.0. The molecule has 222 valence electrons. The molecule has 0 saturated heterocycles. The number of nitro groups is 1. The first-order chi connectivity index (χ1) is 19.1. The number of carboxylic acid groups (broad SMARTS) is 2. The number of non-ortho nitro benzene ring substituents is 1. The van der Waals surface area contributed by atoms with Gasteiger partial charge in [0.25, 0.3) is 5.69 Å². The molecule has 8 N–H and O–H groups in total. The molecular weight excluding hydrogens is 520 g/mol. The topological polar surface area (TPSA) is 222 Å². The second-order valence-corrected chi connectivity index (χ2v) is 8.88. The summed E-state index contributed by atoms with van der Waals surface area (Å²) in [7, 11) is 1.65. The van der Waals surface area contributed by atoms with E-state index in [1.165, 1.54) is 30.7 Å². The molecule has 1 saturated carbocycles. The number of para-hydroxylation sites is 1. The second-order valence-electron chi connectivity index (χ2n) is 8.88. The number of hydrogen-bond acceptors (Lipinski definition) is 9. The molecule has 3 rings (SSSR count). The van der Waals surface area contributed by atoms with Crippen molar-refractivity contribution in [2.24, 2.45) is 23.1 Å². The van der Waals surface area contributed by atoms with Crippen molar-refractivity contribution in [2.75, 3.05) is 13.7 Å². The normalized spacial score (nSPS) is 13.0. The molecule has 0 heterocycles. The van der Waals surface area contributed by atoms with Gasteiger partial charge in [-0.15, -0.1) is 0 Å². The van der Waals surface area contributed by atoms with Crippen molar-refractivity contribution < 1.29 is 34.3 Å². The Morgan fingerprint density at radius 2 is 1.65 bits per heavy atom. The number of aldehydes is 1. The van der Waals surface area contributed by atoms with Gasteiger partial charge in [-0.1, -0.05) is 43.9 Å². The molecule has 2 aromatic carbocycles. The Labute approximate surface area is 234 Å². The molecule has 0 unspecified atom stereocenters. The first-order valence-corrected chi connectivity index (χ1v) is 13.0. The van der Waals surface area contributed by atoms with Gasteiger partial charge in [0, 0.05) is 29.8 Å². The monoisotopic (exact) mass is 562 g/mol. The minimum atomic E-state index is -0.933. The fourth-order valence-electron chi connectivity index (χ4n) is 3.53. The number of unbranched alkanes of at least 4 members (excludes halogenated alkanes) is 1. The van der Waals surface area contributed by atoms with Gasteiger partial charge in [0.05, 0.1) is 18.0 Å². The third kappa shape index (κ3) is 16.2. The predicted octanol–water partition coefficient (Wildman–Crippen LogP) is 3.74. The van der Waals surface area contributed by atoms with E-state index in [2.05, 4.69) is 0 Å². The molecular formula is C28H42N4O8. The van der Waals surface area contributed by atoms with Crippen LogP contribution in [0.2, 0.25) is 0 Å². The fraction of sp³-hybridized carbons (Fsp3) is 0.464. The van der Waals surface area contributed by atoms with Crippen molar-refractivity contribution in [1.82, 2.24) is 0 Å². The summed E-state index contributed by atoms with van der Waals surface area (Å²) in [6.45, 7) is 1.14. The minimum Gasteiger partial charge on any atom is -0.496 e. The van der Waals surface area contributed by atoms with Crippen LogP contribution in [-0.2, 0) is 16.1 Å². The molecule has 12 nitrogen and oxygen atoms in total. The number of nitrogens with zero attached hydrogens (tertiary/aromatic N) is 1. The lowest BCUT2D eigenvalue weighted by atomic mass is 9.90. The number of carbonyl (C=O) groups is 3. The van der Waals surface area contributed by atoms with Crippen LogP contribution in [-0.4, -0.2) is 53.1 Å². The first-order valence-electron chi connectivity index (χ1n) is 13.0. The average molecular weight is 563 g/mol. The molecule has 0 aromatic heterocycles. The minimum absolute atomic E-state index is 0.00407. The van der Waals surface area contributed by atoms with E-state index in [9.17, 15) is 24.5 Å². The largest absolute Gasteiger partial charge is 0.496 e. The lowest BCUT2D eigenvalue weighted by Crippen LogP contribution is -2.29. The number of carbonyl (C=O) groups excluding carboxylic acids is 1. The number of nitrogens with two attached hydrogens (primary N) is 3. The van der Waals surface area contributed by atoms with Crippen LogP contribution < -0.4 is 21.9 Å². The molecule has 0 amide bonds. The molecule has 1 atom stereocenters. The van der Waals surface area contributed by atoms with Gasteiger partial charge in [-0.3, -0.25) is 24.5 Å². The van der Waals surface area contributed by atoms with Gasteiger partial charge in [0.15, 0.2) is 0 Å². The van der Waals surface area contributed by atoms with E-state index >= 15 is 0 Å². The van der Waals surface area contributed by atoms with Crippen molar-refractivity contribution in [2.45, 2.75) is 64.0 Å². The number of ether oxygens (including phenoxy) is 1. The summed E-state index contributed by atoms with van der Waals surface area (Å²) in [4.78, 5) is 40.2. The van der Waals surface area contributed by atoms with Crippen molar-refractivity contribution >= 4 is 23.9 Å². The summed E-state index contributed by atoms with van der Waals surface area (Å²) in [6.07, 6.45) is 8.05. The maximum absolute atomic E-state index is 10.4. The van der Waals surface area contributed by atoms with Crippen molar-refractivity contribution in [1.29, 1.82) is 0 Å². The Hall–Kier alpha value is -3.87. The third-order valence-corrected chi connectivity index (χ3v) is 5.89. The van der Waals surface area contributed by atoms with E-state index in [0.29, 0.717) is 31.4 Å². The molecule has 1 fully saturated rings. The summed E-state index contributed by atoms with van der Waals surface area (Å²) in [5.74, 6) is -0.699. The van der Waals surface area contributed by atoms with E-state index in [1.54, 1.807) is 7.11 Å². The Bertz CT molecular complexity index is 989. The van der Waals surface area contributed by atoms with Crippen LogP contribution in [0.1, 0.15) is 67.3 Å². The summed E-state index contributed by atoms with van der Waals surface area (Å²) in [5, 5.41) is 27.0. The Kier molecular flexibility index (Phi) is 19.9. The van der Waals surface area contributed by atoms with Gasteiger partial charge in [0.1, 0.15) is 18.1 Å². The number of nitro benzene ring substituents is 1. The van der Waals surface area contributed by atoms with E-state index < -0.39 is 22.9 Å². The number of carboxylic acids is 2. The summed E-state index contributed by atoms with van der Waals surface area (Å²) in [6, 6.07) is 12.4. The van der Waals surface area contributed by atoms with Crippen LogP contribution in [0, 0.1) is 16.0 Å². The molecule has 12 heteroatoms. The highest BCUT2D eigenvalue weighted by atomic mass is 16.6. The standard InChI is InChI=1S/C8H11NO.C7H5NO3.C7H12O2.C6H14N2O2/c1-10-8-5-3-2-4-7(8)6-9;9-5-6-1-3-7(4-2-6)8(10)11;8-7(9)6-4-2-1-3-5-6;7-4-2-1-3-5(8)6(9)10/h2-5H,6,9H2,1H3;1-5H;6H,1-5H2,(H,8,9);5H,1-4,7-8H2,(H,9,10)/t;;;5-/m...0/s1. The van der Waals surface area contributed by atoms with Gasteiger partial charge in [-0.2, -0.15) is 0 Å². The van der Waals surface area contributed by atoms with Crippen LogP contribution in [0.15, 0.2) is 48.5 Å². The Morgan fingerprint density at radius 1 is 1.05 bits per heavy atom. The van der Waals surface area contributed by atoms with Gasteiger partial charge >= 0.3 is 11.9 Å². The lowest BCUT2D eigenvalue weighted by Gasteiger charge is -2.16. The van der Waals surface area contributed by atoms with Gasteiger partial charge in [-0.05, 0) is 50.4 Å². The number of methoxy groups -OCH3 is 1. The van der Waals surface area contributed by atoms with E-state index in [4.69, 9.17) is 32.2 Å². The smallest absolute Gasteiger partial charge is 0.320 e. The van der Waals surface area contributed by atoms with Crippen molar-refractivity contribution in [3.63, 3.8) is 0 Å². The molecule has 0 bridgehead atoms. The van der Waals surface area contributed by atoms with Crippen LogP contribution >= 0.6 is 0 Å². The van der Waals surface area contributed by atoms with Crippen LogP contribution in [0.25, 0.3) is 0 Å². The molecule has 2 aromatic rings. The number of rotatable bonds is 10. The zero-order valence-corrected chi connectivity index (χ0v) is 22.9. The van der Waals surface area contributed by atoms with E-state index in [1.807, 2.05) is 24.3 Å². The summed E-state index contributed by atoms with van der Waals surface area (Å²) in [5.41, 5.74) is 17.3. The fourth-order valence-corrected chi connectivity index (χ4v) is 3.53. The molecule has 40 heavy (non-hydrogen) atoms. The van der Waals surface area contributed by atoms with E-state index in [0.717, 1.165) is 49.8 Å². The van der Waals surface area contributed by atoms with Crippen molar-refractivity contribution in [3.8, 4) is 5.75 Å². The SMILES string of the molecule is COc1ccccc1CN.NCCCC[C@H](N)C(=O)O.O=C(O)C1CCCCC1.O=Cc1ccc([N+](=O)[O-])cc1. The highest BCUT2D eigenvalue weighted by molar-refractivity contribution is 5.75. The maximum atomic E-state index is 10.4. The van der Waals surface area contributed by atoms with E-state index in [-0.39, 0.29) is 11.6 Å². The van der Waals surface area contributed by atoms with Crippen LogP contribution in [0.3, 0.4) is 0 Å². The highest BCUT2D eigenvalue weighted by Gasteiger charge is 2.19. The van der Waals surface area contributed by atoms with Gasteiger partial charge in [0.2, 0.25) is 0 Å². The Morgan fingerprint density at radius 3 is 2.05 bits per heavy atom. The predicted molar refractivity (Wildman–Crippen MR) is 152 cm³/mol. The van der Waals surface area contributed by atoms with Gasteiger partial charge in [-0.25, -0.2) is 0 Å². The summed E-state index contributed by atoms with van der Waals surface area (Å²) >= 11 is 0. The zero-order valence-electron chi connectivity index (χ0n) is 22.9. The number of aliphatic carboxylic acids is 2. The summed E-state index contributed by atoms with van der Waals surface area (Å²) < 4.78 is 5.06. The highest BCUT2D eigenvalue weighted by Crippen LogP contribution is 2.23. The molecule has 1 aliphatic rings. The quantitative estimate of drug-likeness (QED) is 0.121. The number of benzene rings is 2. The van der Waals surface area contributed by atoms with Crippen LogP contribution in [0.5, 0.6) is 5.75 Å². The molecule has 0 aliphatic heterocycles. The van der Waals surface area contributed by atoms with Crippen LogP contribution in [0.4, 0.5) is 5.69 Å². The molecule has 0 radical (unpaired) electrons. The zero-order chi connectivity index (χ0) is 30.3. The Balaban J connectivity index is 0.000000508. The lowest BCUT2D eigenvalue weighted by molar-refractivity contribution is -0.384. The first kappa shape index (κ1) is 36.1.